The van der Waals surface area contributed by atoms with Crippen molar-refractivity contribution in [2.75, 3.05) is 10.6 Å². The lowest BCUT2D eigenvalue weighted by molar-refractivity contribution is -0.117. The summed E-state index contributed by atoms with van der Waals surface area (Å²) in [6.07, 6.45) is 0. The van der Waals surface area contributed by atoms with Crippen LogP contribution in [0.3, 0.4) is 0 Å². The molecule has 0 spiro atoms. The lowest BCUT2D eigenvalue weighted by Crippen LogP contribution is -2.22. The molecule has 282 valence electrons. The minimum Gasteiger partial charge on any atom is -0.457 e. The van der Waals surface area contributed by atoms with Crippen molar-refractivity contribution in [1.29, 1.82) is 0 Å². The third-order valence-corrected chi connectivity index (χ3v) is 9.81. The minimum atomic E-state index is -0.430. The van der Waals surface area contributed by atoms with Gasteiger partial charge in [0.25, 0.3) is 0 Å². The minimum absolute atomic E-state index is 0.102. The molecule has 0 saturated carbocycles. The highest BCUT2D eigenvalue weighted by Gasteiger charge is 2.24. The van der Waals surface area contributed by atoms with Crippen molar-refractivity contribution >= 4 is 23.2 Å². The Morgan fingerprint density at radius 1 is 0.310 bits per heavy atom. The van der Waals surface area contributed by atoms with Crippen LogP contribution in [-0.2, 0) is 9.59 Å². The summed E-state index contributed by atoms with van der Waals surface area (Å²) in [7, 11) is 0. The van der Waals surface area contributed by atoms with Crippen LogP contribution in [0, 0.1) is 0 Å². The lowest BCUT2D eigenvalue weighted by atomic mass is 9.90. The first-order chi connectivity index (χ1) is 28.6. The Hall–Kier alpha value is -7.70. The van der Waals surface area contributed by atoms with E-state index < -0.39 is 11.8 Å². The third kappa shape index (κ3) is 9.21. The number of anilines is 2. The highest BCUT2D eigenvalue weighted by atomic mass is 16.5. The second kappa shape index (κ2) is 17.8. The van der Waals surface area contributed by atoms with E-state index in [2.05, 4.69) is 10.6 Å². The number of hydrogen-bond donors (Lipinski definition) is 2. The summed E-state index contributed by atoms with van der Waals surface area (Å²) in [5.74, 6) is 1.65. The molecule has 0 atom stereocenters. The second-order valence-electron chi connectivity index (χ2n) is 13.8. The number of benzene rings is 8. The molecule has 8 rings (SSSR count). The van der Waals surface area contributed by atoms with Gasteiger partial charge in [-0.15, -0.1) is 0 Å². The lowest BCUT2D eigenvalue weighted by Gasteiger charge is -2.18. The number of ether oxygens (including phenoxy) is 2. The summed E-state index contributed by atoms with van der Waals surface area (Å²) < 4.78 is 12.3. The first-order valence-electron chi connectivity index (χ1n) is 19.1. The molecule has 6 nitrogen and oxygen atoms in total. The van der Waals surface area contributed by atoms with E-state index in [-0.39, 0.29) is 11.8 Å². The van der Waals surface area contributed by atoms with E-state index in [1.807, 2.05) is 218 Å². The highest BCUT2D eigenvalue weighted by Crippen LogP contribution is 2.32. The first-order valence-corrected chi connectivity index (χ1v) is 19.1. The molecule has 8 aromatic carbocycles. The normalized spacial score (nSPS) is 10.9. The largest absolute Gasteiger partial charge is 0.457 e. The smallest absolute Gasteiger partial charge is 0.236 e. The van der Waals surface area contributed by atoms with Crippen LogP contribution >= 0.6 is 0 Å². The number of amides is 2. The summed E-state index contributed by atoms with van der Waals surface area (Å²) in [6, 6.07) is 69.7. The zero-order valence-electron chi connectivity index (χ0n) is 31.6. The number of rotatable bonds is 13. The van der Waals surface area contributed by atoms with Crippen LogP contribution in [0.15, 0.2) is 218 Å². The van der Waals surface area contributed by atoms with Gasteiger partial charge in [-0.05, 0) is 106 Å². The van der Waals surface area contributed by atoms with Crippen LogP contribution in [0.25, 0.3) is 11.1 Å². The van der Waals surface area contributed by atoms with E-state index in [4.69, 9.17) is 9.47 Å². The molecule has 0 bridgehead atoms. The Morgan fingerprint density at radius 3 is 0.810 bits per heavy atom. The maximum Gasteiger partial charge on any atom is 0.236 e. The van der Waals surface area contributed by atoms with Crippen molar-refractivity contribution in [3.05, 3.63) is 241 Å². The molecule has 0 aliphatic rings. The van der Waals surface area contributed by atoms with E-state index in [9.17, 15) is 9.59 Å². The van der Waals surface area contributed by atoms with E-state index in [1.165, 1.54) is 0 Å². The van der Waals surface area contributed by atoms with Crippen LogP contribution < -0.4 is 20.1 Å². The number of hydrogen-bond acceptors (Lipinski definition) is 4. The molecule has 0 aliphatic heterocycles. The van der Waals surface area contributed by atoms with Crippen molar-refractivity contribution in [3.8, 4) is 34.1 Å². The molecule has 0 radical (unpaired) electrons. The summed E-state index contributed by atoms with van der Waals surface area (Å²) in [5, 5.41) is 6.15. The number of nitrogens with one attached hydrogen (secondary N) is 2. The molecule has 0 fully saturated rings. The summed E-state index contributed by atoms with van der Waals surface area (Å²) in [4.78, 5) is 27.0. The average Bonchev–Trinajstić information content (AvgIpc) is 3.27. The fourth-order valence-electron chi connectivity index (χ4n) is 6.92. The molecular weight excluding hydrogens is 717 g/mol. The van der Waals surface area contributed by atoms with Crippen LogP contribution in [-0.4, -0.2) is 11.8 Å². The zero-order chi connectivity index (χ0) is 39.5. The molecule has 0 heterocycles. The van der Waals surface area contributed by atoms with Crippen molar-refractivity contribution < 1.29 is 19.1 Å². The quantitative estimate of drug-likeness (QED) is 0.123. The number of carbonyl (C=O) groups is 2. The molecule has 8 aromatic rings. The Balaban J connectivity index is 0.849. The Kier molecular flexibility index (Phi) is 11.5. The topological polar surface area (TPSA) is 76.7 Å². The maximum atomic E-state index is 13.5. The zero-order valence-corrected chi connectivity index (χ0v) is 31.6. The van der Waals surface area contributed by atoms with E-state index in [0.717, 1.165) is 33.4 Å². The molecule has 2 N–H and O–H groups in total. The molecular formula is C52H40N2O4. The predicted octanol–water partition coefficient (Wildman–Crippen LogP) is 12.5. The van der Waals surface area contributed by atoms with Crippen LogP contribution in [0.1, 0.15) is 34.1 Å². The Labute approximate surface area is 338 Å². The van der Waals surface area contributed by atoms with Gasteiger partial charge in [0.2, 0.25) is 11.8 Å². The molecule has 0 aliphatic carbocycles. The van der Waals surface area contributed by atoms with Gasteiger partial charge in [-0.25, -0.2) is 0 Å². The van der Waals surface area contributed by atoms with Crippen molar-refractivity contribution in [1.82, 2.24) is 0 Å². The van der Waals surface area contributed by atoms with Crippen LogP contribution in [0.4, 0.5) is 11.4 Å². The fourth-order valence-corrected chi connectivity index (χ4v) is 6.92. The molecule has 0 unspecified atom stereocenters. The van der Waals surface area contributed by atoms with Gasteiger partial charge in [0.1, 0.15) is 23.0 Å². The number of carbonyl (C=O) groups excluding carboxylic acids is 2. The van der Waals surface area contributed by atoms with Crippen LogP contribution in [0.2, 0.25) is 0 Å². The van der Waals surface area contributed by atoms with E-state index in [1.54, 1.807) is 0 Å². The third-order valence-electron chi connectivity index (χ3n) is 9.81. The standard InChI is InChI=1S/C52H40N2O4/c55-51(49(39-13-5-1-6-14-39)40-15-7-2-8-16-40)53-43-25-33-47(34-26-43)57-45-29-21-37(22-30-45)38-23-31-46(32-24-38)58-48-35-27-44(28-36-48)54-52(56)50(41-17-9-3-10-18-41)42-19-11-4-12-20-42/h1-36,49-50H,(H,53,55)(H,54,56). The maximum absolute atomic E-state index is 13.5. The van der Waals surface area contributed by atoms with Gasteiger partial charge in [-0.3, -0.25) is 9.59 Å². The Morgan fingerprint density at radius 2 is 0.552 bits per heavy atom. The molecule has 2 amide bonds. The molecule has 0 saturated heterocycles. The molecule has 0 aromatic heterocycles. The van der Waals surface area contributed by atoms with Gasteiger partial charge >= 0.3 is 0 Å². The molecule has 58 heavy (non-hydrogen) atoms. The Bertz CT molecular complexity index is 2280. The van der Waals surface area contributed by atoms with Crippen molar-refractivity contribution in [2.24, 2.45) is 0 Å². The van der Waals surface area contributed by atoms with Crippen molar-refractivity contribution in [3.63, 3.8) is 0 Å². The van der Waals surface area contributed by atoms with Gasteiger partial charge in [0.15, 0.2) is 0 Å². The predicted molar refractivity (Wildman–Crippen MR) is 232 cm³/mol. The van der Waals surface area contributed by atoms with Crippen molar-refractivity contribution in [2.45, 2.75) is 11.8 Å². The average molecular weight is 757 g/mol. The summed E-state index contributed by atoms with van der Waals surface area (Å²) in [6.45, 7) is 0. The van der Waals surface area contributed by atoms with Gasteiger partial charge in [-0.2, -0.15) is 0 Å². The van der Waals surface area contributed by atoms with Crippen LogP contribution in [0.5, 0.6) is 23.0 Å². The first kappa shape index (κ1) is 37.2. The fraction of sp³-hybridized carbons (Fsp3) is 0.0385. The SMILES string of the molecule is O=C(Nc1ccc(Oc2ccc(-c3ccc(Oc4ccc(NC(=O)C(c5ccccc5)c5ccccc5)cc4)cc3)cc2)cc1)C(c1ccccc1)c1ccccc1. The molecule has 6 heteroatoms. The van der Waals surface area contributed by atoms with Gasteiger partial charge in [0, 0.05) is 11.4 Å². The van der Waals surface area contributed by atoms with Gasteiger partial charge in [-0.1, -0.05) is 146 Å². The van der Waals surface area contributed by atoms with E-state index in [0.29, 0.717) is 34.4 Å². The van der Waals surface area contributed by atoms with Gasteiger partial charge < -0.3 is 20.1 Å². The van der Waals surface area contributed by atoms with Gasteiger partial charge in [0.05, 0.1) is 11.8 Å². The second-order valence-corrected chi connectivity index (χ2v) is 13.8. The summed E-state index contributed by atoms with van der Waals surface area (Å²) >= 11 is 0. The summed E-state index contributed by atoms with van der Waals surface area (Å²) in [5.41, 5.74) is 7.18. The monoisotopic (exact) mass is 756 g/mol. The highest BCUT2D eigenvalue weighted by molar-refractivity contribution is 5.99. The van der Waals surface area contributed by atoms with E-state index >= 15 is 0 Å².